The van der Waals surface area contributed by atoms with Gasteiger partial charge in [-0.05, 0) is 54.8 Å². The predicted molar refractivity (Wildman–Crippen MR) is 95.4 cm³/mol. The van der Waals surface area contributed by atoms with Crippen LogP contribution in [0.1, 0.15) is 32.1 Å². The zero-order chi connectivity index (χ0) is 19.2. The first-order chi connectivity index (χ1) is 13.5. The fourth-order valence-electron chi connectivity index (χ4n) is 7.81. The molecule has 0 N–H and O–H groups in total. The molecule has 1 saturated heterocycles. The van der Waals surface area contributed by atoms with Crippen molar-refractivity contribution >= 4 is 17.9 Å². The number of methoxy groups -OCH3 is 1. The molecule has 1 heterocycles. The van der Waals surface area contributed by atoms with Crippen molar-refractivity contribution in [3.05, 3.63) is 12.2 Å². The van der Waals surface area contributed by atoms with Crippen LogP contribution in [0.15, 0.2) is 12.2 Å². The Morgan fingerprint density at radius 1 is 0.964 bits per heavy atom. The highest BCUT2D eigenvalue weighted by Gasteiger charge is 2.63. The molecule has 0 radical (unpaired) electrons. The molecule has 28 heavy (non-hydrogen) atoms. The van der Waals surface area contributed by atoms with Crippen molar-refractivity contribution in [1.82, 2.24) is 0 Å². The van der Waals surface area contributed by atoms with E-state index in [-0.39, 0.29) is 17.9 Å². The quantitative estimate of drug-likeness (QED) is 0.320. The van der Waals surface area contributed by atoms with Gasteiger partial charge in [0.15, 0.2) is 0 Å². The summed E-state index contributed by atoms with van der Waals surface area (Å²) in [6.45, 7) is 0. The second kappa shape index (κ2) is 5.83. The minimum absolute atomic E-state index is 0.0367. The first kappa shape index (κ1) is 17.0. The third-order valence-corrected chi connectivity index (χ3v) is 8.79. The van der Waals surface area contributed by atoms with E-state index in [0.29, 0.717) is 36.5 Å². The number of ether oxygens (including phenoxy) is 3. The molecule has 0 aromatic carbocycles. The molecule has 11 unspecified atom stereocenters. The van der Waals surface area contributed by atoms with E-state index in [9.17, 15) is 14.4 Å². The van der Waals surface area contributed by atoms with Gasteiger partial charge in [0.1, 0.15) is 12.2 Å². The van der Waals surface area contributed by atoms with Gasteiger partial charge >= 0.3 is 17.9 Å². The maximum absolute atomic E-state index is 13.1. The van der Waals surface area contributed by atoms with Crippen LogP contribution >= 0.6 is 0 Å². The van der Waals surface area contributed by atoms with E-state index in [0.717, 1.165) is 24.7 Å². The molecule has 6 heteroatoms. The van der Waals surface area contributed by atoms with Gasteiger partial charge in [-0.2, -0.15) is 0 Å². The first-order valence-electron chi connectivity index (χ1n) is 10.7. The lowest BCUT2D eigenvalue weighted by Crippen LogP contribution is -2.43. The average molecular weight is 386 g/mol. The van der Waals surface area contributed by atoms with Crippen molar-refractivity contribution in [1.29, 1.82) is 0 Å². The summed E-state index contributed by atoms with van der Waals surface area (Å²) < 4.78 is 16.2. The third-order valence-electron chi connectivity index (χ3n) is 8.79. The summed E-state index contributed by atoms with van der Waals surface area (Å²) in [7, 11) is 1.32. The van der Waals surface area contributed by atoms with E-state index >= 15 is 0 Å². The van der Waals surface area contributed by atoms with Crippen LogP contribution in [0.5, 0.6) is 0 Å². The van der Waals surface area contributed by atoms with Crippen LogP contribution in [-0.2, 0) is 28.6 Å². The van der Waals surface area contributed by atoms with Crippen LogP contribution in [0, 0.1) is 53.3 Å². The van der Waals surface area contributed by atoms with Gasteiger partial charge in [0.2, 0.25) is 0 Å². The molecule has 0 amide bonds. The maximum Gasteiger partial charge on any atom is 0.310 e. The largest absolute Gasteiger partial charge is 0.469 e. The van der Waals surface area contributed by atoms with Crippen molar-refractivity contribution in [3.8, 4) is 0 Å². The van der Waals surface area contributed by atoms with Crippen molar-refractivity contribution in [2.75, 3.05) is 7.11 Å². The summed E-state index contributed by atoms with van der Waals surface area (Å²) in [4.78, 5) is 37.3. The van der Waals surface area contributed by atoms with E-state index in [2.05, 4.69) is 12.2 Å². The fourth-order valence-corrected chi connectivity index (χ4v) is 7.81. The molecule has 1 aliphatic heterocycles. The Balaban J connectivity index is 1.17. The number of allylic oxidation sites excluding steroid dienone is 2. The number of fused-ring (bicyclic) bond motifs is 11. The molecular formula is C22H26O6. The molecule has 6 aliphatic rings. The number of carbonyl (C=O) groups excluding carboxylic acids is 3. The summed E-state index contributed by atoms with van der Waals surface area (Å²) in [5.41, 5.74) is 0. The Labute approximate surface area is 164 Å². The Kier molecular flexibility index (Phi) is 3.55. The molecule has 150 valence electrons. The van der Waals surface area contributed by atoms with E-state index < -0.39 is 30.0 Å². The molecule has 6 bridgehead atoms. The molecule has 11 atom stereocenters. The molecule has 6 rings (SSSR count). The van der Waals surface area contributed by atoms with Gasteiger partial charge in [0, 0.05) is 12.8 Å². The standard InChI is InChI=1S/C22H26O6/c1-26-20(23)14-7-16(17-8-15(14)22(25)28-17)27-21(24)13-6-11-5-12(13)19-10-3-2-9(4-10)18(11)19/h2-3,9-19H,4-8H2,1H3. The van der Waals surface area contributed by atoms with E-state index in [1.165, 1.54) is 13.5 Å². The highest BCUT2D eigenvalue weighted by molar-refractivity contribution is 5.84. The molecule has 0 spiro atoms. The summed E-state index contributed by atoms with van der Waals surface area (Å²) >= 11 is 0. The normalized spacial score (nSPS) is 51.9. The van der Waals surface area contributed by atoms with Crippen LogP contribution < -0.4 is 0 Å². The molecule has 6 nitrogen and oxygen atoms in total. The lowest BCUT2D eigenvalue weighted by atomic mass is 9.69. The topological polar surface area (TPSA) is 78.9 Å². The number of hydrogen-bond acceptors (Lipinski definition) is 6. The van der Waals surface area contributed by atoms with Gasteiger partial charge in [0.05, 0.1) is 24.9 Å². The van der Waals surface area contributed by atoms with Crippen LogP contribution in [0.3, 0.4) is 0 Å². The van der Waals surface area contributed by atoms with Gasteiger partial charge < -0.3 is 14.2 Å². The lowest BCUT2D eigenvalue weighted by Gasteiger charge is -2.37. The van der Waals surface area contributed by atoms with Gasteiger partial charge in [-0.25, -0.2) is 0 Å². The van der Waals surface area contributed by atoms with Crippen LogP contribution in [0.25, 0.3) is 0 Å². The zero-order valence-corrected chi connectivity index (χ0v) is 16.0. The second-order valence-corrected chi connectivity index (χ2v) is 9.76. The second-order valence-electron chi connectivity index (χ2n) is 9.76. The average Bonchev–Trinajstić information content (AvgIpc) is 3.49. The summed E-state index contributed by atoms with van der Waals surface area (Å²) in [5.74, 6) is 1.88. The van der Waals surface area contributed by atoms with E-state index in [4.69, 9.17) is 14.2 Å². The summed E-state index contributed by atoms with van der Waals surface area (Å²) in [6, 6.07) is 0. The zero-order valence-electron chi connectivity index (χ0n) is 16.0. The molecule has 5 fully saturated rings. The molecule has 0 aromatic heterocycles. The van der Waals surface area contributed by atoms with E-state index in [1.807, 2.05) is 0 Å². The lowest BCUT2D eigenvalue weighted by molar-refractivity contribution is -0.169. The van der Waals surface area contributed by atoms with Crippen LogP contribution in [0.2, 0.25) is 0 Å². The van der Waals surface area contributed by atoms with Crippen molar-refractivity contribution < 1.29 is 28.6 Å². The maximum atomic E-state index is 13.1. The Morgan fingerprint density at radius 3 is 2.54 bits per heavy atom. The Bertz CT molecular complexity index is 773. The van der Waals surface area contributed by atoms with Gasteiger partial charge in [-0.1, -0.05) is 12.2 Å². The number of esters is 3. The molecule has 0 aromatic rings. The van der Waals surface area contributed by atoms with Gasteiger partial charge in [-0.3, -0.25) is 14.4 Å². The minimum Gasteiger partial charge on any atom is -0.469 e. The van der Waals surface area contributed by atoms with Crippen molar-refractivity contribution in [2.24, 2.45) is 53.3 Å². The highest BCUT2D eigenvalue weighted by atomic mass is 16.6. The highest BCUT2D eigenvalue weighted by Crippen LogP contribution is 2.67. The molecule has 4 saturated carbocycles. The van der Waals surface area contributed by atoms with Crippen molar-refractivity contribution in [2.45, 2.75) is 44.3 Å². The molecular weight excluding hydrogens is 360 g/mol. The summed E-state index contributed by atoms with van der Waals surface area (Å²) in [5, 5.41) is 0. The Hall–Kier alpha value is -1.85. The monoisotopic (exact) mass is 386 g/mol. The number of hydrogen-bond donors (Lipinski definition) is 0. The molecule has 5 aliphatic carbocycles. The summed E-state index contributed by atoms with van der Waals surface area (Å²) in [6.07, 6.45) is 7.93. The minimum atomic E-state index is -0.575. The van der Waals surface area contributed by atoms with Crippen LogP contribution in [-0.4, -0.2) is 37.2 Å². The van der Waals surface area contributed by atoms with E-state index in [1.54, 1.807) is 0 Å². The number of rotatable bonds is 3. The Morgan fingerprint density at radius 2 is 1.75 bits per heavy atom. The van der Waals surface area contributed by atoms with Gasteiger partial charge in [-0.15, -0.1) is 0 Å². The van der Waals surface area contributed by atoms with Gasteiger partial charge in [0.25, 0.3) is 0 Å². The smallest absolute Gasteiger partial charge is 0.310 e. The number of carbonyl (C=O) groups is 3. The first-order valence-corrected chi connectivity index (χ1v) is 10.7. The third kappa shape index (κ3) is 2.17. The predicted octanol–water partition coefficient (Wildman–Crippen LogP) is 2.12. The fraction of sp³-hybridized carbons (Fsp3) is 0.773. The van der Waals surface area contributed by atoms with Crippen LogP contribution in [0.4, 0.5) is 0 Å². The SMILES string of the molecule is COC(=O)C1CC(OC(=O)C2CC3CC2C2C4C=CC(C4)C32)C2CC1C(=O)O2. The van der Waals surface area contributed by atoms with Crippen molar-refractivity contribution in [3.63, 3.8) is 0 Å².